The molecular weight excluding hydrogens is 357 g/mol. The van der Waals surface area contributed by atoms with Gasteiger partial charge in [0, 0.05) is 0 Å². The maximum absolute atomic E-state index is 12.8. The number of ether oxygens (including phenoxy) is 3. The number of rotatable bonds is 7. The van der Waals surface area contributed by atoms with Gasteiger partial charge in [0.2, 0.25) is 0 Å². The summed E-state index contributed by atoms with van der Waals surface area (Å²) in [5, 5.41) is 2.10. The van der Waals surface area contributed by atoms with E-state index >= 15 is 0 Å². The Balaban J connectivity index is 1.82. The Hall–Kier alpha value is -3.42. The summed E-state index contributed by atoms with van der Waals surface area (Å²) in [6.07, 6.45) is -1.02. The molecule has 0 spiro atoms. The lowest BCUT2D eigenvalue weighted by molar-refractivity contribution is -0.154. The van der Waals surface area contributed by atoms with Crippen molar-refractivity contribution in [2.75, 3.05) is 13.7 Å². The first-order valence-electron chi connectivity index (χ1n) is 7.96. The molecule has 2 aromatic carbocycles. The molecule has 0 fully saturated rings. The van der Waals surface area contributed by atoms with Crippen LogP contribution in [0.15, 0.2) is 48.5 Å². The fourth-order valence-electron chi connectivity index (χ4n) is 2.08. The Labute approximate surface area is 155 Å². The fourth-order valence-corrected chi connectivity index (χ4v) is 2.08. The maximum atomic E-state index is 12.8. The summed E-state index contributed by atoms with van der Waals surface area (Å²) in [5.74, 6) is -2.14. The standard InChI is InChI=1S/C19H18FNO6/c1-12(27-14-9-7-13(20)8-10-14)19(24)26-11-17(22)21-18(23)15-5-3-4-6-16(15)25-2/h3-10,12H,11H2,1-2H3,(H,21,22,23)/t12-/m0/s1. The van der Waals surface area contributed by atoms with Gasteiger partial charge in [-0.25, -0.2) is 9.18 Å². The maximum Gasteiger partial charge on any atom is 0.347 e. The number of imide groups is 1. The second-order valence-electron chi connectivity index (χ2n) is 5.40. The molecule has 0 saturated heterocycles. The summed E-state index contributed by atoms with van der Waals surface area (Å²) in [5.41, 5.74) is 0.174. The topological polar surface area (TPSA) is 90.9 Å². The second-order valence-corrected chi connectivity index (χ2v) is 5.40. The van der Waals surface area contributed by atoms with Crippen LogP contribution in [0.2, 0.25) is 0 Å². The Morgan fingerprint density at radius 3 is 2.41 bits per heavy atom. The van der Waals surface area contributed by atoms with E-state index in [9.17, 15) is 18.8 Å². The summed E-state index contributed by atoms with van der Waals surface area (Å²) in [6.45, 7) is 0.764. The molecule has 27 heavy (non-hydrogen) atoms. The molecule has 142 valence electrons. The third-order valence-corrected chi connectivity index (χ3v) is 3.41. The number of amides is 2. The van der Waals surface area contributed by atoms with Crippen molar-refractivity contribution in [1.82, 2.24) is 5.32 Å². The van der Waals surface area contributed by atoms with Crippen LogP contribution < -0.4 is 14.8 Å². The largest absolute Gasteiger partial charge is 0.496 e. The lowest BCUT2D eigenvalue weighted by Crippen LogP contribution is -2.36. The van der Waals surface area contributed by atoms with Crippen LogP contribution >= 0.6 is 0 Å². The molecule has 0 radical (unpaired) electrons. The minimum absolute atomic E-state index is 0.174. The number of para-hydroxylation sites is 1. The highest BCUT2D eigenvalue weighted by molar-refractivity contribution is 6.06. The van der Waals surface area contributed by atoms with Gasteiger partial charge in [-0.05, 0) is 43.3 Å². The fraction of sp³-hybridized carbons (Fsp3) is 0.211. The van der Waals surface area contributed by atoms with Crippen LogP contribution in [-0.4, -0.2) is 37.6 Å². The number of hydrogen-bond donors (Lipinski definition) is 1. The highest BCUT2D eigenvalue weighted by Gasteiger charge is 2.20. The summed E-state index contributed by atoms with van der Waals surface area (Å²) in [6, 6.07) is 11.5. The number of benzene rings is 2. The Kier molecular flexibility index (Phi) is 6.87. The van der Waals surface area contributed by atoms with E-state index in [1.54, 1.807) is 18.2 Å². The van der Waals surface area contributed by atoms with Gasteiger partial charge < -0.3 is 14.2 Å². The van der Waals surface area contributed by atoms with Gasteiger partial charge in [0.15, 0.2) is 12.7 Å². The van der Waals surface area contributed by atoms with Crippen LogP contribution in [0.3, 0.4) is 0 Å². The minimum Gasteiger partial charge on any atom is -0.496 e. The number of hydrogen-bond acceptors (Lipinski definition) is 6. The van der Waals surface area contributed by atoms with Crippen molar-refractivity contribution in [1.29, 1.82) is 0 Å². The third-order valence-electron chi connectivity index (χ3n) is 3.41. The van der Waals surface area contributed by atoms with Crippen molar-refractivity contribution < 1.29 is 33.0 Å². The van der Waals surface area contributed by atoms with Crippen molar-refractivity contribution in [2.24, 2.45) is 0 Å². The molecule has 2 amide bonds. The molecule has 1 N–H and O–H groups in total. The van der Waals surface area contributed by atoms with Gasteiger partial charge in [-0.3, -0.25) is 14.9 Å². The van der Waals surface area contributed by atoms with Crippen molar-refractivity contribution in [3.05, 3.63) is 59.9 Å². The highest BCUT2D eigenvalue weighted by Crippen LogP contribution is 2.17. The van der Waals surface area contributed by atoms with Gasteiger partial charge in [-0.15, -0.1) is 0 Å². The number of methoxy groups -OCH3 is 1. The van der Waals surface area contributed by atoms with Gasteiger partial charge in [0.1, 0.15) is 17.3 Å². The Morgan fingerprint density at radius 1 is 1.07 bits per heavy atom. The minimum atomic E-state index is -1.02. The van der Waals surface area contributed by atoms with Gasteiger partial charge in [0.05, 0.1) is 12.7 Å². The van der Waals surface area contributed by atoms with E-state index in [4.69, 9.17) is 14.2 Å². The summed E-state index contributed by atoms with van der Waals surface area (Å²) >= 11 is 0. The Morgan fingerprint density at radius 2 is 1.74 bits per heavy atom. The SMILES string of the molecule is COc1ccccc1C(=O)NC(=O)COC(=O)[C@H](C)Oc1ccc(F)cc1. The predicted molar refractivity (Wildman–Crippen MR) is 92.9 cm³/mol. The van der Waals surface area contributed by atoms with Gasteiger partial charge in [-0.1, -0.05) is 12.1 Å². The zero-order valence-electron chi connectivity index (χ0n) is 14.7. The van der Waals surface area contributed by atoms with Crippen LogP contribution in [0.25, 0.3) is 0 Å². The molecule has 0 saturated carbocycles. The summed E-state index contributed by atoms with van der Waals surface area (Å²) < 4.78 is 28.0. The van der Waals surface area contributed by atoms with E-state index in [1.165, 1.54) is 44.4 Å². The summed E-state index contributed by atoms with van der Waals surface area (Å²) in [7, 11) is 1.40. The average molecular weight is 375 g/mol. The van der Waals surface area contributed by atoms with Crippen molar-refractivity contribution >= 4 is 17.8 Å². The summed E-state index contributed by atoms with van der Waals surface area (Å²) in [4.78, 5) is 35.8. The van der Waals surface area contributed by atoms with E-state index in [0.717, 1.165) is 0 Å². The van der Waals surface area contributed by atoms with Gasteiger partial charge in [-0.2, -0.15) is 0 Å². The lowest BCUT2D eigenvalue weighted by atomic mass is 10.2. The van der Waals surface area contributed by atoms with E-state index in [-0.39, 0.29) is 11.3 Å². The van der Waals surface area contributed by atoms with Crippen molar-refractivity contribution in [3.63, 3.8) is 0 Å². The third kappa shape index (κ3) is 5.81. The number of carbonyl (C=O) groups excluding carboxylic acids is 3. The molecule has 0 aromatic heterocycles. The van der Waals surface area contributed by atoms with Crippen molar-refractivity contribution in [2.45, 2.75) is 13.0 Å². The molecule has 7 nitrogen and oxygen atoms in total. The first kappa shape index (κ1) is 19.9. The number of esters is 1. The molecule has 2 rings (SSSR count). The molecule has 0 aliphatic heterocycles. The van der Waals surface area contributed by atoms with Crippen LogP contribution in [0.1, 0.15) is 17.3 Å². The van der Waals surface area contributed by atoms with E-state index < -0.39 is 36.3 Å². The first-order valence-corrected chi connectivity index (χ1v) is 7.96. The zero-order valence-corrected chi connectivity index (χ0v) is 14.7. The molecule has 2 aromatic rings. The van der Waals surface area contributed by atoms with Crippen LogP contribution in [-0.2, 0) is 14.3 Å². The molecular formula is C19H18FNO6. The molecule has 8 heteroatoms. The van der Waals surface area contributed by atoms with Gasteiger partial charge in [0.25, 0.3) is 11.8 Å². The predicted octanol–water partition coefficient (Wildman–Crippen LogP) is 2.10. The zero-order chi connectivity index (χ0) is 19.8. The normalized spacial score (nSPS) is 11.2. The highest BCUT2D eigenvalue weighted by atomic mass is 19.1. The number of halogens is 1. The molecule has 1 atom stereocenters. The molecule has 0 aliphatic rings. The molecule has 0 heterocycles. The second kappa shape index (κ2) is 9.33. The van der Waals surface area contributed by atoms with E-state index in [0.29, 0.717) is 5.75 Å². The van der Waals surface area contributed by atoms with Crippen LogP contribution in [0.5, 0.6) is 11.5 Å². The molecule has 0 bridgehead atoms. The molecule has 0 unspecified atom stereocenters. The first-order chi connectivity index (χ1) is 12.9. The van der Waals surface area contributed by atoms with Crippen LogP contribution in [0.4, 0.5) is 4.39 Å². The van der Waals surface area contributed by atoms with Crippen LogP contribution in [0, 0.1) is 5.82 Å². The number of nitrogens with one attached hydrogen (secondary N) is 1. The molecule has 0 aliphatic carbocycles. The van der Waals surface area contributed by atoms with Crippen molar-refractivity contribution in [3.8, 4) is 11.5 Å². The average Bonchev–Trinajstić information content (AvgIpc) is 2.67. The van der Waals surface area contributed by atoms with E-state index in [2.05, 4.69) is 5.32 Å². The Bertz CT molecular complexity index is 821. The smallest absolute Gasteiger partial charge is 0.347 e. The quantitative estimate of drug-likeness (QED) is 0.746. The number of carbonyl (C=O) groups is 3. The van der Waals surface area contributed by atoms with Gasteiger partial charge >= 0.3 is 5.97 Å². The van der Waals surface area contributed by atoms with E-state index in [1.807, 2.05) is 0 Å². The monoisotopic (exact) mass is 375 g/mol. The lowest BCUT2D eigenvalue weighted by Gasteiger charge is -2.14.